The van der Waals surface area contributed by atoms with Gasteiger partial charge in [0.1, 0.15) is 11.8 Å². The molecular weight excluding hydrogens is 272 g/mol. The Balaban J connectivity index is 2.42. The van der Waals surface area contributed by atoms with Crippen molar-refractivity contribution < 1.29 is 8.95 Å². The van der Waals surface area contributed by atoms with E-state index in [9.17, 15) is 4.21 Å². The highest BCUT2D eigenvalue weighted by atomic mass is 32.2. The van der Waals surface area contributed by atoms with Gasteiger partial charge in [-0.15, -0.1) is 0 Å². The average molecular weight is 286 g/mol. The van der Waals surface area contributed by atoms with E-state index in [0.29, 0.717) is 39.9 Å². The highest BCUT2D eigenvalue weighted by Crippen LogP contribution is 2.19. The van der Waals surface area contributed by atoms with Gasteiger partial charge in [-0.05, 0) is 12.2 Å². The second-order valence-electron chi connectivity index (χ2n) is 3.60. The number of aryl methyl sites for hydroxylation is 1. The third kappa shape index (κ3) is 2.44. The number of nitrogens with zero attached hydrogens (tertiary/aromatic N) is 3. The lowest BCUT2D eigenvalue weighted by Crippen LogP contribution is -2.09. The summed E-state index contributed by atoms with van der Waals surface area (Å²) in [5.74, 6) is 1.67. The summed E-state index contributed by atoms with van der Waals surface area (Å²) in [4.78, 5) is 11.2. The van der Waals surface area contributed by atoms with Crippen molar-refractivity contribution in [1.29, 1.82) is 0 Å². The Hall–Kier alpha value is -1.28. The molecule has 98 valence electrons. The van der Waals surface area contributed by atoms with Crippen LogP contribution in [0.4, 0.5) is 0 Å². The zero-order chi connectivity index (χ0) is 13.1. The predicted octanol–water partition coefficient (Wildman–Crippen LogP) is 1.27. The van der Waals surface area contributed by atoms with Crippen LogP contribution < -0.4 is 4.74 Å². The van der Waals surface area contributed by atoms with Crippen LogP contribution in [0, 0.1) is 4.77 Å². The van der Waals surface area contributed by atoms with Crippen molar-refractivity contribution in [3.8, 4) is 5.88 Å². The van der Waals surface area contributed by atoms with E-state index in [0.717, 1.165) is 0 Å². The summed E-state index contributed by atoms with van der Waals surface area (Å²) in [5, 5.41) is 0. The van der Waals surface area contributed by atoms with E-state index in [4.69, 9.17) is 17.0 Å². The van der Waals surface area contributed by atoms with Crippen LogP contribution in [0.3, 0.4) is 0 Å². The molecule has 0 saturated carbocycles. The van der Waals surface area contributed by atoms with Gasteiger partial charge in [-0.3, -0.25) is 4.21 Å². The fraction of sp³-hybridized carbons (Fsp3) is 0.500. The molecular formula is C10H14N4O2S2. The Kier molecular flexibility index (Phi) is 4.07. The second kappa shape index (κ2) is 5.57. The van der Waals surface area contributed by atoms with Crippen molar-refractivity contribution in [2.75, 3.05) is 18.6 Å². The largest absolute Gasteiger partial charge is 0.479 e. The number of aromatic nitrogens is 4. The van der Waals surface area contributed by atoms with E-state index in [2.05, 4.69) is 15.0 Å². The molecule has 1 N–H and O–H groups in total. The van der Waals surface area contributed by atoms with Gasteiger partial charge in [0.05, 0.1) is 7.11 Å². The third-order valence-electron chi connectivity index (χ3n) is 2.58. The van der Waals surface area contributed by atoms with Gasteiger partial charge in [0.2, 0.25) is 5.88 Å². The molecule has 0 radical (unpaired) electrons. The summed E-state index contributed by atoms with van der Waals surface area (Å²) in [5.41, 5.74) is 1.35. The predicted molar refractivity (Wildman–Crippen MR) is 72.8 cm³/mol. The van der Waals surface area contributed by atoms with Gasteiger partial charge < -0.3 is 14.3 Å². The number of aromatic amines is 1. The zero-order valence-corrected chi connectivity index (χ0v) is 11.8. The van der Waals surface area contributed by atoms with Crippen molar-refractivity contribution in [3.63, 3.8) is 0 Å². The maximum Gasteiger partial charge on any atom is 0.242 e. The quantitative estimate of drug-likeness (QED) is 0.838. The molecule has 1 unspecified atom stereocenters. The van der Waals surface area contributed by atoms with Gasteiger partial charge in [0.15, 0.2) is 10.4 Å². The molecule has 0 bridgehead atoms. The molecule has 0 saturated heterocycles. The fourth-order valence-corrected chi connectivity index (χ4v) is 2.60. The molecule has 0 aromatic carbocycles. The summed E-state index contributed by atoms with van der Waals surface area (Å²) < 4.78 is 19.0. The Morgan fingerprint density at radius 3 is 3.00 bits per heavy atom. The molecule has 0 amide bonds. The third-order valence-corrected chi connectivity index (χ3v) is 4.19. The fourth-order valence-electron chi connectivity index (χ4n) is 1.65. The smallest absolute Gasteiger partial charge is 0.242 e. The topological polar surface area (TPSA) is 72.8 Å². The van der Waals surface area contributed by atoms with Crippen LogP contribution in [0.25, 0.3) is 11.2 Å². The standard InChI is InChI=1S/C10H14N4O2S2/c1-3-18(15)5-4-14-8-7(13-10(14)17)9(16-2)12-6-11-8/h6H,3-5H2,1-2H3,(H,13,17). The number of hydrogen-bond donors (Lipinski definition) is 1. The Morgan fingerprint density at radius 2 is 2.33 bits per heavy atom. The Bertz CT molecular complexity index is 634. The normalized spacial score (nSPS) is 12.8. The van der Waals surface area contributed by atoms with Crippen LogP contribution in [-0.2, 0) is 17.3 Å². The minimum absolute atomic E-state index is 0.460. The lowest BCUT2D eigenvalue weighted by molar-refractivity contribution is 0.401. The number of fused-ring (bicyclic) bond motifs is 1. The summed E-state index contributed by atoms with van der Waals surface area (Å²) in [7, 11) is 0.718. The van der Waals surface area contributed by atoms with Crippen LogP contribution in [-0.4, -0.2) is 42.3 Å². The molecule has 2 aromatic rings. The van der Waals surface area contributed by atoms with E-state index < -0.39 is 10.8 Å². The van der Waals surface area contributed by atoms with Gasteiger partial charge in [-0.1, -0.05) is 6.92 Å². The van der Waals surface area contributed by atoms with Gasteiger partial charge in [0, 0.05) is 28.9 Å². The molecule has 0 aliphatic rings. The molecule has 1 atom stereocenters. The van der Waals surface area contributed by atoms with Gasteiger partial charge >= 0.3 is 0 Å². The first-order chi connectivity index (χ1) is 8.67. The van der Waals surface area contributed by atoms with Crippen LogP contribution >= 0.6 is 12.2 Å². The number of ether oxygens (including phenoxy) is 1. The molecule has 0 spiro atoms. The van der Waals surface area contributed by atoms with Gasteiger partial charge in [-0.2, -0.15) is 4.98 Å². The molecule has 2 rings (SSSR count). The minimum atomic E-state index is -0.826. The number of H-pyrrole nitrogens is 1. The molecule has 2 heterocycles. The summed E-state index contributed by atoms with van der Waals surface area (Å²) in [6.45, 7) is 2.47. The minimum Gasteiger partial charge on any atom is -0.479 e. The van der Waals surface area contributed by atoms with Crippen LogP contribution in [0.15, 0.2) is 6.33 Å². The van der Waals surface area contributed by atoms with Crippen molar-refractivity contribution >= 4 is 34.2 Å². The second-order valence-corrected chi connectivity index (χ2v) is 5.85. The average Bonchev–Trinajstić information content (AvgIpc) is 2.71. The van der Waals surface area contributed by atoms with E-state index in [1.807, 2.05) is 11.5 Å². The number of hydrogen-bond acceptors (Lipinski definition) is 5. The monoisotopic (exact) mass is 286 g/mol. The van der Waals surface area contributed by atoms with Gasteiger partial charge in [-0.25, -0.2) is 4.98 Å². The van der Waals surface area contributed by atoms with E-state index in [1.165, 1.54) is 6.33 Å². The number of imidazole rings is 1. The number of methoxy groups -OCH3 is 1. The molecule has 18 heavy (non-hydrogen) atoms. The molecule has 0 aliphatic carbocycles. The van der Waals surface area contributed by atoms with Crippen molar-refractivity contribution in [1.82, 2.24) is 19.5 Å². The van der Waals surface area contributed by atoms with Crippen LogP contribution in [0.5, 0.6) is 5.88 Å². The Morgan fingerprint density at radius 1 is 1.56 bits per heavy atom. The molecule has 0 aliphatic heterocycles. The number of rotatable bonds is 5. The Labute approximate surface area is 112 Å². The van der Waals surface area contributed by atoms with E-state index in [-0.39, 0.29) is 0 Å². The number of nitrogens with one attached hydrogen (secondary N) is 1. The first-order valence-corrected chi connectivity index (χ1v) is 7.39. The van der Waals surface area contributed by atoms with E-state index >= 15 is 0 Å². The zero-order valence-electron chi connectivity index (χ0n) is 10.2. The van der Waals surface area contributed by atoms with Crippen molar-refractivity contribution in [2.45, 2.75) is 13.5 Å². The maximum absolute atomic E-state index is 11.5. The first kappa shape index (κ1) is 13.2. The molecule has 2 aromatic heterocycles. The summed E-state index contributed by atoms with van der Waals surface area (Å²) in [6, 6.07) is 0. The first-order valence-electron chi connectivity index (χ1n) is 5.49. The van der Waals surface area contributed by atoms with Crippen molar-refractivity contribution in [2.24, 2.45) is 0 Å². The van der Waals surface area contributed by atoms with Crippen LogP contribution in [0.1, 0.15) is 6.92 Å². The lowest BCUT2D eigenvalue weighted by atomic mass is 10.5. The van der Waals surface area contributed by atoms with Crippen molar-refractivity contribution in [3.05, 3.63) is 11.1 Å². The molecule has 8 heteroatoms. The lowest BCUT2D eigenvalue weighted by Gasteiger charge is -2.03. The maximum atomic E-state index is 11.5. The van der Waals surface area contributed by atoms with E-state index in [1.54, 1.807) is 7.11 Å². The molecule has 0 fully saturated rings. The van der Waals surface area contributed by atoms with Gasteiger partial charge in [0.25, 0.3) is 0 Å². The summed E-state index contributed by atoms with van der Waals surface area (Å²) >= 11 is 5.23. The SMILES string of the molecule is CCS(=O)CCn1c(=S)[nH]c2c(OC)ncnc21. The van der Waals surface area contributed by atoms with Crippen LogP contribution in [0.2, 0.25) is 0 Å². The molecule has 6 nitrogen and oxygen atoms in total. The highest BCUT2D eigenvalue weighted by molar-refractivity contribution is 7.84. The highest BCUT2D eigenvalue weighted by Gasteiger charge is 2.11. The summed E-state index contributed by atoms with van der Waals surface area (Å²) in [6.07, 6.45) is 1.43.